The van der Waals surface area contributed by atoms with Crippen LogP contribution in [0.1, 0.15) is 0 Å². The zero-order valence-corrected chi connectivity index (χ0v) is 3.46. The van der Waals surface area contributed by atoms with E-state index in [9.17, 15) is 0 Å². The van der Waals surface area contributed by atoms with E-state index in [0.29, 0.717) is 0 Å². The Hall–Kier alpha value is 0.660. The van der Waals surface area contributed by atoms with E-state index >= 15 is 0 Å². The van der Waals surface area contributed by atoms with Crippen LogP contribution in [0.25, 0.3) is 0 Å². The fraction of sp³-hybridized carbons (Fsp3) is 0.500. The monoisotopic (exact) mass is 112 g/mol. The Kier molecular flexibility index (Phi) is 14.9. The van der Waals surface area contributed by atoms with Crippen molar-refractivity contribution in [2.24, 2.45) is 0 Å². The summed E-state index contributed by atoms with van der Waals surface area (Å²) in [4.78, 5) is 0. The third kappa shape index (κ3) is 10.8. The molecule has 0 aromatic carbocycles. The molecule has 0 saturated heterocycles. The van der Waals surface area contributed by atoms with Crippen molar-refractivity contribution in [3.63, 3.8) is 0 Å². The van der Waals surface area contributed by atoms with Gasteiger partial charge in [0.15, 0.2) is 0 Å². The SMILES string of the molecule is OCC=CCO.[NaH]. The molecule has 0 atom stereocenters. The van der Waals surface area contributed by atoms with Gasteiger partial charge in [-0.2, -0.15) is 0 Å². The molecule has 0 aromatic heterocycles. The second kappa shape index (κ2) is 9.83. The topological polar surface area (TPSA) is 40.5 Å². The number of rotatable bonds is 2. The van der Waals surface area contributed by atoms with E-state index in [-0.39, 0.29) is 42.8 Å². The molecule has 2 N–H and O–H groups in total. The first-order valence-electron chi connectivity index (χ1n) is 1.78. The molecule has 3 heteroatoms. The predicted octanol–water partition coefficient (Wildman–Crippen LogP) is -1.12. The number of aliphatic hydroxyl groups is 2. The van der Waals surface area contributed by atoms with Crippen LogP contribution in [0.5, 0.6) is 0 Å². The summed E-state index contributed by atoms with van der Waals surface area (Å²) in [5, 5.41) is 16.0. The van der Waals surface area contributed by atoms with E-state index < -0.39 is 0 Å². The summed E-state index contributed by atoms with van der Waals surface area (Å²) in [6.45, 7) is 0.0289. The van der Waals surface area contributed by atoms with E-state index in [1.165, 1.54) is 12.2 Å². The summed E-state index contributed by atoms with van der Waals surface area (Å²) >= 11 is 0. The van der Waals surface area contributed by atoms with Gasteiger partial charge < -0.3 is 10.2 Å². The van der Waals surface area contributed by atoms with Gasteiger partial charge in [-0.05, 0) is 0 Å². The second-order valence-corrected chi connectivity index (χ2v) is 0.837. The van der Waals surface area contributed by atoms with Gasteiger partial charge >= 0.3 is 29.6 Å². The number of aliphatic hydroxyl groups excluding tert-OH is 2. The molecule has 0 unspecified atom stereocenters. The first-order chi connectivity index (χ1) is 2.91. The van der Waals surface area contributed by atoms with Crippen molar-refractivity contribution in [3.8, 4) is 0 Å². The molecule has 0 heterocycles. The molecule has 0 radical (unpaired) electrons. The van der Waals surface area contributed by atoms with Crippen molar-refractivity contribution in [3.05, 3.63) is 12.2 Å². The van der Waals surface area contributed by atoms with Crippen LogP contribution < -0.4 is 0 Å². The molecular weight excluding hydrogens is 103 g/mol. The van der Waals surface area contributed by atoms with Gasteiger partial charge in [0, 0.05) is 0 Å². The first kappa shape index (κ1) is 10.6. The summed E-state index contributed by atoms with van der Waals surface area (Å²) < 4.78 is 0. The van der Waals surface area contributed by atoms with Crippen molar-refractivity contribution in [1.82, 2.24) is 0 Å². The maximum absolute atomic E-state index is 8.00. The van der Waals surface area contributed by atoms with E-state index in [0.717, 1.165) is 0 Å². The van der Waals surface area contributed by atoms with Crippen molar-refractivity contribution in [2.45, 2.75) is 0 Å². The van der Waals surface area contributed by atoms with Gasteiger partial charge in [0.05, 0.1) is 13.2 Å². The van der Waals surface area contributed by atoms with Gasteiger partial charge in [0.1, 0.15) is 0 Å². The number of hydrogen-bond acceptors (Lipinski definition) is 2. The zero-order valence-electron chi connectivity index (χ0n) is 3.46. The van der Waals surface area contributed by atoms with E-state index in [4.69, 9.17) is 10.2 Å². The predicted molar refractivity (Wildman–Crippen MR) is 30.5 cm³/mol. The first-order valence-corrected chi connectivity index (χ1v) is 1.78. The molecule has 0 fully saturated rings. The van der Waals surface area contributed by atoms with Gasteiger partial charge in [-0.25, -0.2) is 0 Å². The molecule has 0 amide bonds. The van der Waals surface area contributed by atoms with Crippen LogP contribution in [0.4, 0.5) is 0 Å². The fourth-order valence-electron chi connectivity index (χ4n) is 0.149. The van der Waals surface area contributed by atoms with Gasteiger partial charge in [-0.1, -0.05) is 12.2 Å². The Labute approximate surface area is 65.1 Å². The third-order valence-electron chi connectivity index (χ3n) is 0.377. The van der Waals surface area contributed by atoms with Crippen LogP contribution in [-0.4, -0.2) is 53.0 Å². The van der Waals surface area contributed by atoms with Crippen molar-refractivity contribution < 1.29 is 10.2 Å². The second-order valence-electron chi connectivity index (χ2n) is 0.837. The number of hydrogen-bond donors (Lipinski definition) is 2. The summed E-state index contributed by atoms with van der Waals surface area (Å²) in [7, 11) is 0. The molecule has 7 heavy (non-hydrogen) atoms. The summed E-state index contributed by atoms with van der Waals surface area (Å²) in [6, 6.07) is 0. The molecule has 0 spiro atoms. The molecule has 0 aliphatic heterocycles. The maximum atomic E-state index is 8.00. The molecule has 38 valence electrons. The summed E-state index contributed by atoms with van der Waals surface area (Å²) in [6.07, 6.45) is 2.97. The molecule has 0 rings (SSSR count). The third-order valence-corrected chi connectivity index (χ3v) is 0.377. The Bertz CT molecular complexity index is 39.0. The summed E-state index contributed by atoms with van der Waals surface area (Å²) in [5.74, 6) is 0. The quantitative estimate of drug-likeness (QED) is 0.351. The van der Waals surface area contributed by atoms with Gasteiger partial charge in [-0.15, -0.1) is 0 Å². The molecule has 0 aromatic rings. The van der Waals surface area contributed by atoms with Crippen molar-refractivity contribution >= 4 is 29.6 Å². The van der Waals surface area contributed by atoms with Crippen molar-refractivity contribution in [2.75, 3.05) is 13.2 Å². The van der Waals surface area contributed by atoms with Crippen LogP contribution >= 0.6 is 0 Å². The van der Waals surface area contributed by atoms with E-state index in [1.54, 1.807) is 0 Å². The Balaban J connectivity index is 0. The Morgan fingerprint density at radius 1 is 1.00 bits per heavy atom. The van der Waals surface area contributed by atoms with Crippen LogP contribution in [0.15, 0.2) is 12.2 Å². The van der Waals surface area contributed by atoms with Crippen LogP contribution in [0.3, 0.4) is 0 Å². The normalized spacial score (nSPS) is 8.86. The summed E-state index contributed by atoms with van der Waals surface area (Å²) in [5.41, 5.74) is 0. The molecule has 0 saturated carbocycles. The van der Waals surface area contributed by atoms with E-state index in [1.807, 2.05) is 0 Å². The van der Waals surface area contributed by atoms with Gasteiger partial charge in [0.2, 0.25) is 0 Å². The van der Waals surface area contributed by atoms with Crippen LogP contribution in [0, 0.1) is 0 Å². The zero-order chi connectivity index (χ0) is 4.83. The van der Waals surface area contributed by atoms with E-state index in [2.05, 4.69) is 0 Å². The van der Waals surface area contributed by atoms with Crippen LogP contribution in [0.2, 0.25) is 0 Å². The molecule has 0 aliphatic rings. The molecule has 2 nitrogen and oxygen atoms in total. The molecular formula is C4H9NaO2. The van der Waals surface area contributed by atoms with Crippen molar-refractivity contribution in [1.29, 1.82) is 0 Å². The Morgan fingerprint density at radius 2 is 1.29 bits per heavy atom. The Morgan fingerprint density at radius 3 is 1.43 bits per heavy atom. The molecule has 0 bridgehead atoms. The average Bonchev–Trinajstić information content (AvgIpc) is 1.61. The average molecular weight is 112 g/mol. The molecule has 0 aliphatic carbocycles. The minimum absolute atomic E-state index is 0. The van der Waals surface area contributed by atoms with Gasteiger partial charge in [0.25, 0.3) is 0 Å². The van der Waals surface area contributed by atoms with Gasteiger partial charge in [-0.3, -0.25) is 0 Å². The minimum atomic E-state index is 0. The van der Waals surface area contributed by atoms with Crippen LogP contribution in [-0.2, 0) is 0 Å². The fourth-order valence-corrected chi connectivity index (χ4v) is 0.149. The standard InChI is InChI=1S/C4H8O2.Na.H/c5-3-1-2-4-6;;/h1-2,5-6H,3-4H2;;.